The van der Waals surface area contributed by atoms with E-state index < -0.39 is 0 Å². The summed E-state index contributed by atoms with van der Waals surface area (Å²) in [6.45, 7) is 11.1. The first-order valence-corrected chi connectivity index (χ1v) is 7.10. The van der Waals surface area contributed by atoms with Gasteiger partial charge in [-0.3, -0.25) is 9.69 Å². The predicted octanol–water partition coefficient (Wildman–Crippen LogP) is 0.742. The maximum Gasteiger partial charge on any atom is 0.293 e. The van der Waals surface area contributed by atoms with Crippen molar-refractivity contribution in [2.24, 2.45) is 0 Å². The van der Waals surface area contributed by atoms with E-state index in [4.69, 9.17) is 4.74 Å². The van der Waals surface area contributed by atoms with Crippen molar-refractivity contribution < 1.29 is 4.74 Å². The lowest BCUT2D eigenvalue weighted by Gasteiger charge is -2.26. The molecule has 1 aliphatic rings. The molecule has 0 saturated carbocycles. The largest absolute Gasteiger partial charge is 0.379 e. The molecule has 1 N–H and O–H groups in total. The van der Waals surface area contributed by atoms with E-state index in [1.807, 2.05) is 20.8 Å². The minimum atomic E-state index is -0.235. The minimum absolute atomic E-state index is 0.0676. The van der Waals surface area contributed by atoms with Crippen LogP contribution in [0.4, 0.5) is 5.82 Å². The van der Waals surface area contributed by atoms with Gasteiger partial charge in [-0.05, 0) is 20.8 Å². The average Bonchev–Trinajstić information content (AvgIpc) is 2.40. The molecule has 0 aliphatic carbocycles. The summed E-state index contributed by atoms with van der Waals surface area (Å²) in [6.07, 6.45) is 3.40. The van der Waals surface area contributed by atoms with Gasteiger partial charge in [0.2, 0.25) is 0 Å². The summed E-state index contributed by atoms with van der Waals surface area (Å²) in [5.41, 5.74) is -0.303. The third-order valence-electron chi connectivity index (χ3n) is 3.39. The van der Waals surface area contributed by atoms with Gasteiger partial charge in [-0.15, -0.1) is 0 Å². The lowest BCUT2D eigenvalue weighted by Crippen LogP contribution is -2.40. The molecule has 0 unspecified atom stereocenters. The highest BCUT2D eigenvalue weighted by molar-refractivity contribution is 5.31. The van der Waals surface area contributed by atoms with Gasteiger partial charge in [-0.1, -0.05) is 0 Å². The van der Waals surface area contributed by atoms with Gasteiger partial charge in [0.25, 0.3) is 5.56 Å². The lowest BCUT2D eigenvalue weighted by atomic mass is 10.1. The topological polar surface area (TPSA) is 59.4 Å². The van der Waals surface area contributed by atoms with Crippen molar-refractivity contribution in [3.05, 3.63) is 22.7 Å². The molecule has 1 aromatic heterocycles. The predicted molar refractivity (Wildman–Crippen MR) is 79.2 cm³/mol. The summed E-state index contributed by atoms with van der Waals surface area (Å²) in [7, 11) is 0. The second-order valence-corrected chi connectivity index (χ2v) is 6.00. The zero-order chi connectivity index (χ0) is 14.6. The van der Waals surface area contributed by atoms with E-state index in [2.05, 4.69) is 15.2 Å². The fourth-order valence-electron chi connectivity index (χ4n) is 2.22. The van der Waals surface area contributed by atoms with Crippen molar-refractivity contribution in [1.82, 2.24) is 14.5 Å². The Kier molecular flexibility index (Phi) is 4.77. The normalized spacial score (nSPS) is 17.1. The summed E-state index contributed by atoms with van der Waals surface area (Å²) in [5, 5.41) is 3.15. The van der Waals surface area contributed by atoms with E-state index in [-0.39, 0.29) is 11.1 Å². The van der Waals surface area contributed by atoms with Crippen molar-refractivity contribution >= 4 is 5.82 Å². The fraction of sp³-hybridized carbons (Fsp3) is 0.714. The van der Waals surface area contributed by atoms with Gasteiger partial charge in [-0.25, -0.2) is 4.98 Å². The monoisotopic (exact) mass is 280 g/mol. The van der Waals surface area contributed by atoms with Crippen molar-refractivity contribution in [3.63, 3.8) is 0 Å². The summed E-state index contributed by atoms with van der Waals surface area (Å²) in [6, 6.07) is 0. The van der Waals surface area contributed by atoms with E-state index in [0.717, 1.165) is 39.4 Å². The Labute approximate surface area is 119 Å². The van der Waals surface area contributed by atoms with Crippen LogP contribution >= 0.6 is 0 Å². The quantitative estimate of drug-likeness (QED) is 0.881. The molecule has 112 valence electrons. The van der Waals surface area contributed by atoms with Crippen LogP contribution in [0.25, 0.3) is 0 Å². The van der Waals surface area contributed by atoms with E-state index in [1.54, 1.807) is 17.0 Å². The maximum absolute atomic E-state index is 12.3. The average molecular weight is 280 g/mol. The van der Waals surface area contributed by atoms with Crippen LogP contribution < -0.4 is 10.9 Å². The zero-order valence-electron chi connectivity index (χ0n) is 12.6. The second kappa shape index (κ2) is 6.37. The highest BCUT2D eigenvalue weighted by Crippen LogP contribution is 2.10. The van der Waals surface area contributed by atoms with Gasteiger partial charge in [0.05, 0.1) is 13.2 Å². The molecule has 1 aliphatic heterocycles. The van der Waals surface area contributed by atoms with Crippen molar-refractivity contribution in [1.29, 1.82) is 0 Å². The number of nitrogens with zero attached hydrogens (tertiary/aromatic N) is 3. The van der Waals surface area contributed by atoms with Gasteiger partial charge in [0.1, 0.15) is 0 Å². The molecular formula is C14H24N4O2. The molecule has 0 radical (unpaired) electrons. The molecule has 1 fully saturated rings. The first-order chi connectivity index (χ1) is 9.48. The van der Waals surface area contributed by atoms with Gasteiger partial charge in [-0.2, -0.15) is 0 Å². The van der Waals surface area contributed by atoms with Crippen LogP contribution in [0.1, 0.15) is 20.8 Å². The number of ether oxygens (including phenoxy) is 1. The van der Waals surface area contributed by atoms with E-state index in [1.165, 1.54) is 0 Å². The van der Waals surface area contributed by atoms with Crippen molar-refractivity contribution in [2.75, 3.05) is 44.7 Å². The van der Waals surface area contributed by atoms with Crippen LogP contribution in [0.2, 0.25) is 0 Å². The Balaban J connectivity index is 1.94. The SMILES string of the molecule is CC(C)(C)n1ccnc(NCCN2CCOCC2)c1=O. The van der Waals surface area contributed by atoms with Crippen LogP contribution in [-0.4, -0.2) is 53.8 Å². The molecule has 0 amide bonds. The Morgan fingerprint density at radius 1 is 1.35 bits per heavy atom. The number of anilines is 1. The minimum Gasteiger partial charge on any atom is -0.379 e. The van der Waals surface area contributed by atoms with Crippen LogP contribution in [-0.2, 0) is 10.3 Å². The van der Waals surface area contributed by atoms with Gasteiger partial charge in [0, 0.05) is 44.1 Å². The summed E-state index contributed by atoms with van der Waals surface area (Å²) in [5.74, 6) is 0.427. The van der Waals surface area contributed by atoms with Crippen LogP contribution in [0, 0.1) is 0 Å². The molecule has 0 aromatic carbocycles. The number of aromatic nitrogens is 2. The third-order valence-corrected chi connectivity index (χ3v) is 3.39. The summed E-state index contributed by atoms with van der Waals surface area (Å²) >= 11 is 0. The molecule has 0 bridgehead atoms. The summed E-state index contributed by atoms with van der Waals surface area (Å²) < 4.78 is 7.01. The number of hydrogen-bond donors (Lipinski definition) is 1. The maximum atomic E-state index is 12.3. The Hall–Kier alpha value is -1.40. The van der Waals surface area contributed by atoms with Crippen LogP contribution in [0.3, 0.4) is 0 Å². The fourth-order valence-corrected chi connectivity index (χ4v) is 2.22. The van der Waals surface area contributed by atoms with Gasteiger partial charge >= 0.3 is 0 Å². The highest BCUT2D eigenvalue weighted by atomic mass is 16.5. The Morgan fingerprint density at radius 3 is 2.70 bits per heavy atom. The first kappa shape index (κ1) is 15.0. The third kappa shape index (κ3) is 3.80. The molecule has 0 spiro atoms. The molecule has 1 aromatic rings. The standard InChI is InChI=1S/C14H24N4O2/c1-14(2,3)18-7-5-16-12(13(18)19)15-4-6-17-8-10-20-11-9-17/h5,7H,4,6,8-11H2,1-3H3,(H,15,16). The van der Waals surface area contributed by atoms with E-state index in [0.29, 0.717) is 5.82 Å². The smallest absolute Gasteiger partial charge is 0.293 e. The number of rotatable bonds is 4. The molecule has 20 heavy (non-hydrogen) atoms. The van der Waals surface area contributed by atoms with Crippen LogP contribution in [0.5, 0.6) is 0 Å². The Bertz CT molecular complexity index is 487. The van der Waals surface area contributed by atoms with E-state index in [9.17, 15) is 4.79 Å². The molecule has 6 nitrogen and oxygen atoms in total. The van der Waals surface area contributed by atoms with Crippen molar-refractivity contribution in [2.45, 2.75) is 26.3 Å². The van der Waals surface area contributed by atoms with Gasteiger partial charge in [0.15, 0.2) is 5.82 Å². The van der Waals surface area contributed by atoms with Crippen LogP contribution in [0.15, 0.2) is 17.2 Å². The summed E-state index contributed by atoms with van der Waals surface area (Å²) in [4.78, 5) is 18.8. The van der Waals surface area contributed by atoms with E-state index >= 15 is 0 Å². The number of hydrogen-bond acceptors (Lipinski definition) is 5. The molecule has 6 heteroatoms. The first-order valence-electron chi connectivity index (χ1n) is 7.10. The molecule has 2 rings (SSSR count). The molecule has 2 heterocycles. The lowest BCUT2D eigenvalue weighted by molar-refractivity contribution is 0.0398. The Morgan fingerprint density at radius 2 is 2.05 bits per heavy atom. The molecule has 0 atom stereocenters. The van der Waals surface area contributed by atoms with Crippen molar-refractivity contribution in [3.8, 4) is 0 Å². The number of nitrogens with one attached hydrogen (secondary N) is 1. The highest BCUT2D eigenvalue weighted by Gasteiger charge is 2.16. The van der Waals surface area contributed by atoms with Gasteiger partial charge < -0.3 is 14.6 Å². The second-order valence-electron chi connectivity index (χ2n) is 6.00. The zero-order valence-corrected chi connectivity index (χ0v) is 12.6. The number of morpholine rings is 1. The molecular weight excluding hydrogens is 256 g/mol. The molecule has 1 saturated heterocycles.